The van der Waals surface area contributed by atoms with Crippen molar-refractivity contribution >= 4 is 11.7 Å². The first-order chi connectivity index (χ1) is 9.66. The number of nitrogens with zero attached hydrogens (tertiary/aromatic N) is 1. The Hall–Kier alpha value is -1.10. The molecule has 2 atom stereocenters. The molecule has 0 radical (unpaired) electrons. The Bertz CT molecular complexity index is 369. The molecule has 0 spiro atoms. The molecular formula is C15H25NO4. The number of esters is 1. The van der Waals surface area contributed by atoms with E-state index in [4.69, 9.17) is 9.57 Å². The van der Waals surface area contributed by atoms with Crippen molar-refractivity contribution in [2.24, 2.45) is 5.16 Å². The summed E-state index contributed by atoms with van der Waals surface area (Å²) < 4.78 is 5.66. The smallest absolute Gasteiger partial charge is 0.306 e. The van der Waals surface area contributed by atoms with Gasteiger partial charge in [-0.05, 0) is 32.1 Å². The fourth-order valence-electron chi connectivity index (χ4n) is 2.87. The third-order valence-corrected chi connectivity index (χ3v) is 4.10. The van der Waals surface area contributed by atoms with Crippen molar-refractivity contribution in [1.29, 1.82) is 0 Å². The zero-order valence-corrected chi connectivity index (χ0v) is 12.3. The van der Waals surface area contributed by atoms with Gasteiger partial charge in [-0.15, -0.1) is 0 Å². The Balaban J connectivity index is 2.19. The number of hydrogen-bond donors (Lipinski definition) is 1. The number of aliphatic hydroxyl groups is 1. The summed E-state index contributed by atoms with van der Waals surface area (Å²) in [5, 5.41) is 14.1. The van der Waals surface area contributed by atoms with Crippen molar-refractivity contribution in [3.8, 4) is 0 Å². The summed E-state index contributed by atoms with van der Waals surface area (Å²) >= 11 is 0. The maximum atomic E-state index is 12.0. The summed E-state index contributed by atoms with van der Waals surface area (Å²) in [6.45, 7) is 2.08. The van der Waals surface area contributed by atoms with E-state index in [9.17, 15) is 9.90 Å². The first-order valence-electron chi connectivity index (χ1n) is 7.78. The highest BCUT2D eigenvalue weighted by atomic mass is 16.7. The molecule has 20 heavy (non-hydrogen) atoms. The molecule has 2 heterocycles. The van der Waals surface area contributed by atoms with Crippen LogP contribution in [0.25, 0.3) is 0 Å². The van der Waals surface area contributed by atoms with Crippen LogP contribution in [0.5, 0.6) is 0 Å². The van der Waals surface area contributed by atoms with Crippen molar-refractivity contribution in [2.45, 2.75) is 83.0 Å². The molecule has 2 aliphatic rings. The monoisotopic (exact) mass is 283 g/mol. The molecule has 0 saturated carbocycles. The molecule has 0 unspecified atom stereocenters. The predicted molar refractivity (Wildman–Crippen MR) is 75.2 cm³/mol. The first kappa shape index (κ1) is 15.3. The van der Waals surface area contributed by atoms with Crippen molar-refractivity contribution in [3.05, 3.63) is 0 Å². The van der Waals surface area contributed by atoms with Crippen LogP contribution >= 0.6 is 0 Å². The van der Waals surface area contributed by atoms with Crippen molar-refractivity contribution in [1.82, 2.24) is 0 Å². The van der Waals surface area contributed by atoms with E-state index in [0.29, 0.717) is 19.3 Å². The van der Waals surface area contributed by atoms with Crippen molar-refractivity contribution in [3.63, 3.8) is 0 Å². The van der Waals surface area contributed by atoms with Gasteiger partial charge in [-0.25, -0.2) is 0 Å². The molecule has 0 aromatic rings. The number of hydrogen-bond acceptors (Lipinski definition) is 5. The number of carbonyl (C=O) groups is 1. The lowest BCUT2D eigenvalue weighted by molar-refractivity contribution is -0.238. The first-order valence-corrected chi connectivity index (χ1v) is 7.78. The summed E-state index contributed by atoms with van der Waals surface area (Å²) in [4.78, 5) is 17.1. The highest BCUT2D eigenvalue weighted by molar-refractivity contribution is 5.86. The van der Waals surface area contributed by atoms with E-state index in [1.54, 1.807) is 0 Å². The summed E-state index contributed by atoms with van der Waals surface area (Å²) in [5.74, 6) is -0.230. The van der Waals surface area contributed by atoms with E-state index in [1.165, 1.54) is 0 Å². The maximum Gasteiger partial charge on any atom is 0.306 e. The van der Waals surface area contributed by atoms with E-state index in [0.717, 1.165) is 50.7 Å². The van der Waals surface area contributed by atoms with E-state index in [1.807, 2.05) is 0 Å². The predicted octanol–water partition coefficient (Wildman–Crippen LogP) is 2.91. The number of ether oxygens (including phenoxy) is 1. The minimum atomic E-state index is -1.15. The highest BCUT2D eigenvalue weighted by Gasteiger charge is 2.47. The number of carbonyl (C=O) groups excluding carboxylic acids is 1. The van der Waals surface area contributed by atoms with Crippen LogP contribution in [0.15, 0.2) is 5.16 Å². The van der Waals surface area contributed by atoms with Gasteiger partial charge >= 0.3 is 5.97 Å². The Morgan fingerprint density at radius 1 is 1.30 bits per heavy atom. The zero-order chi connectivity index (χ0) is 14.4. The standard InChI is InChI=1S/C15H25NO4/c1-2-3-10-15-11-12(16-20-14(15)18)8-6-4-5-7-9-13(17)19-15/h14,18H,2-11H2,1H3/t14-,15-/m0/s1. The van der Waals surface area contributed by atoms with Crippen LogP contribution in [0.1, 0.15) is 71.1 Å². The molecule has 0 aromatic heterocycles. The molecule has 5 nitrogen and oxygen atoms in total. The largest absolute Gasteiger partial charge is 0.452 e. The van der Waals surface area contributed by atoms with Crippen molar-refractivity contribution in [2.75, 3.05) is 0 Å². The molecule has 1 saturated heterocycles. The Morgan fingerprint density at radius 3 is 2.80 bits per heavy atom. The van der Waals surface area contributed by atoms with Crippen LogP contribution in [-0.2, 0) is 14.4 Å². The lowest BCUT2D eigenvalue weighted by atomic mass is 9.87. The average molecular weight is 283 g/mol. The number of aliphatic hydroxyl groups excluding tert-OH is 1. The van der Waals surface area contributed by atoms with Gasteiger partial charge in [0.15, 0.2) is 5.60 Å². The lowest BCUT2D eigenvalue weighted by Crippen LogP contribution is -2.51. The molecule has 2 rings (SSSR count). The van der Waals surface area contributed by atoms with Crippen LogP contribution in [0.3, 0.4) is 0 Å². The normalized spacial score (nSPS) is 31.6. The molecule has 0 aromatic carbocycles. The van der Waals surface area contributed by atoms with E-state index >= 15 is 0 Å². The van der Waals surface area contributed by atoms with E-state index in [-0.39, 0.29) is 5.97 Å². The number of fused-ring (bicyclic) bond motifs is 2. The fraction of sp³-hybridized carbons (Fsp3) is 0.867. The Labute approximate surface area is 120 Å². The number of oxime groups is 1. The van der Waals surface area contributed by atoms with Gasteiger partial charge in [0.2, 0.25) is 0 Å². The number of unbranched alkanes of at least 4 members (excludes halogenated alkanes) is 1. The lowest BCUT2D eigenvalue weighted by Gasteiger charge is -2.38. The van der Waals surface area contributed by atoms with Gasteiger partial charge in [0.25, 0.3) is 6.29 Å². The van der Waals surface area contributed by atoms with Gasteiger partial charge < -0.3 is 14.7 Å². The van der Waals surface area contributed by atoms with Gasteiger partial charge in [0.1, 0.15) is 0 Å². The van der Waals surface area contributed by atoms with Crippen LogP contribution < -0.4 is 0 Å². The molecule has 0 amide bonds. The third kappa shape index (κ3) is 3.72. The average Bonchev–Trinajstić information content (AvgIpc) is 2.46. The molecule has 5 heteroatoms. The molecule has 2 bridgehead atoms. The minimum absolute atomic E-state index is 0.230. The van der Waals surface area contributed by atoms with Gasteiger partial charge in [0.05, 0.1) is 5.71 Å². The van der Waals surface area contributed by atoms with Gasteiger partial charge in [-0.3, -0.25) is 4.79 Å². The third-order valence-electron chi connectivity index (χ3n) is 4.10. The second-order valence-corrected chi connectivity index (χ2v) is 5.85. The molecule has 1 fully saturated rings. The molecule has 2 aliphatic heterocycles. The summed E-state index contributed by atoms with van der Waals surface area (Å²) in [7, 11) is 0. The van der Waals surface area contributed by atoms with Gasteiger partial charge in [-0.1, -0.05) is 31.3 Å². The SMILES string of the molecule is CCCC[C@]12CC(=NO[C@@H]1O)CCCCCCC(=O)O2. The molecular weight excluding hydrogens is 258 g/mol. The van der Waals surface area contributed by atoms with Crippen LogP contribution in [0, 0.1) is 0 Å². The Morgan fingerprint density at radius 2 is 2.05 bits per heavy atom. The fourth-order valence-corrected chi connectivity index (χ4v) is 2.87. The quantitative estimate of drug-likeness (QED) is 0.809. The summed E-state index contributed by atoms with van der Waals surface area (Å²) in [6, 6.07) is 0. The topological polar surface area (TPSA) is 68.1 Å². The van der Waals surface area contributed by atoms with Crippen LogP contribution in [0.2, 0.25) is 0 Å². The maximum absolute atomic E-state index is 12.0. The van der Waals surface area contributed by atoms with Crippen molar-refractivity contribution < 1.29 is 19.5 Å². The Kier molecular flexibility index (Phi) is 5.40. The van der Waals surface area contributed by atoms with Gasteiger partial charge in [0, 0.05) is 12.8 Å². The van der Waals surface area contributed by atoms with E-state index < -0.39 is 11.9 Å². The minimum Gasteiger partial charge on any atom is -0.452 e. The summed E-state index contributed by atoms with van der Waals surface area (Å²) in [5.41, 5.74) is -0.0322. The number of rotatable bonds is 3. The molecule has 0 aliphatic carbocycles. The zero-order valence-electron chi connectivity index (χ0n) is 12.3. The van der Waals surface area contributed by atoms with Crippen LogP contribution in [-0.4, -0.2) is 28.7 Å². The van der Waals surface area contributed by atoms with E-state index in [2.05, 4.69) is 12.1 Å². The molecule has 1 N–H and O–H groups in total. The molecule has 114 valence electrons. The highest BCUT2D eigenvalue weighted by Crippen LogP contribution is 2.34. The second-order valence-electron chi connectivity index (χ2n) is 5.85. The second kappa shape index (κ2) is 7.07. The van der Waals surface area contributed by atoms with Gasteiger partial charge in [-0.2, -0.15) is 0 Å². The van der Waals surface area contributed by atoms with Crippen LogP contribution in [0.4, 0.5) is 0 Å². The summed E-state index contributed by atoms with van der Waals surface area (Å²) in [6.07, 6.45) is 7.16.